The van der Waals surface area contributed by atoms with Gasteiger partial charge >= 0.3 is 0 Å². The molecule has 0 saturated carbocycles. The zero-order chi connectivity index (χ0) is 15.4. The molecule has 0 bridgehead atoms. The lowest BCUT2D eigenvalue weighted by Gasteiger charge is -2.21. The Morgan fingerprint density at radius 1 is 1.24 bits per heavy atom. The minimum absolute atomic E-state index is 0. The van der Waals surface area contributed by atoms with Crippen molar-refractivity contribution < 1.29 is 9.53 Å². The summed E-state index contributed by atoms with van der Waals surface area (Å²) in [6.07, 6.45) is 0.928. The van der Waals surface area contributed by atoms with E-state index in [0.717, 1.165) is 38.7 Å². The summed E-state index contributed by atoms with van der Waals surface area (Å²) in [7, 11) is 1.64. The van der Waals surface area contributed by atoms with Gasteiger partial charge in [0.15, 0.2) is 5.96 Å². The number of carbonyl (C=O) groups excluding carboxylic acids is 1. The van der Waals surface area contributed by atoms with Gasteiger partial charge in [0.1, 0.15) is 0 Å². The van der Waals surface area contributed by atoms with E-state index in [2.05, 4.69) is 20.9 Å². The fourth-order valence-corrected chi connectivity index (χ4v) is 1.55. The van der Waals surface area contributed by atoms with E-state index in [1.807, 2.05) is 27.7 Å². The number of amides is 1. The van der Waals surface area contributed by atoms with Crippen molar-refractivity contribution >= 4 is 35.8 Å². The zero-order valence-electron chi connectivity index (χ0n) is 13.9. The van der Waals surface area contributed by atoms with Crippen molar-refractivity contribution in [3.63, 3.8) is 0 Å². The summed E-state index contributed by atoms with van der Waals surface area (Å²) in [6, 6.07) is 0. The number of ether oxygens (including phenoxy) is 1. The lowest BCUT2D eigenvalue weighted by molar-refractivity contribution is -0.128. The highest BCUT2D eigenvalue weighted by Gasteiger charge is 2.26. The standard InChI is InChI=1S/C14H30N4O2.HI/c1-6-16-13(17-9-8-10-20-7-2)18-11-14(3,4)12(19)15-5;/h6-11H2,1-5H3,(H,15,19)(H2,16,17,18);1H. The predicted molar refractivity (Wildman–Crippen MR) is 98.4 cm³/mol. The van der Waals surface area contributed by atoms with Gasteiger partial charge < -0.3 is 20.7 Å². The number of rotatable bonds is 9. The Balaban J connectivity index is 0. The normalized spacial score (nSPS) is 11.6. The molecule has 7 heteroatoms. The minimum atomic E-state index is -0.511. The first-order valence-corrected chi connectivity index (χ1v) is 7.30. The monoisotopic (exact) mass is 414 g/mol. The molecule has 0 radical (unpaired) electrons. The topological polar surface area (TPSA) is 74.8 Å². The van der Waals surface area contributed by atoms with Crippen LogP contribution in [0.4, 0.5) is 0 Å². The van der Waals surface area contributed by atoms with E-state index in [0.29, 0.717) is 6.54 Å². The van der Waals surface area contributed by atoms with E-state index >= 15 is 0 Å². The number of hydrogen-bond donors (Lipinski definition) is 3. The molecule has 0 aliphatic carbocycles. The largest absolute Gasteiger partial charge is 0.382 e. The summed E-state index contributed by atoms with van der Waals surface area (Å²) in [5.41, 5.74) is -0.511. The molecule has 0 saturated heterocycles. The van der Waals surface area contributed by atoms with Crippen LogP contribution in [0.25, 0.3) is 0 Å². The highest BCUT2D eigenvalue weighted by molar-refractivity contribution is 14.0. The molecule has 21 heavy (non-hydrogen) atoms. The van der Waals surface area contributed by atoms with Crippen LogP contribution in [0.2, 0.25) is 0 Å². The second-order valence-corrected chi connectivity index (χ2v) is 5.14. The van der Waals surface area contributed by atoms with Crippen molar-refractivity contribution in [2.45, 2.75) is 34.1 Å². The Hall–Kier alpha value is -0.570. The van der Waals surface area contributed by atoms with Gasteiger partial charge in [0.25, 0.3) is 0 Å². The smallest absolute Gasteiger partial charge is 0.227 e. The Morgan fingerprint density at radius 2 is 1.90 bits per heavy atom. The molecule has 0 heterocycles. The molecule has 0 aromatic heterocycles. The molecule has 0 fully saturated rings. The van der Waals surface area contributed by atoms with Gasteiger partial charge in [0, 0.05) is 33.4 Å². The third-order valence-corrected chi connectivity index (χ3v) is 2.78. The molecule has 0 aromatic rings. The van der Waals surface area contributed by atoms with Gasteiger partial charge in [-0.3, -0.25) is 9.79 Å². The highest BCUT2D eigenvalue weighted by atomic mass is 127. The zero-order valence-corrected chi connectivity index (χ0v) is 16.2. The predicted octanol–water partition coefficient (Wildman–Crippen LogP) is 1.36. The van der Waals surface area contributed by atoms with Crippen LogP contribution in [-0.4, -0.2) is 51.8 Å². The molecule has 0 rings (SSSR count). The summed E-state index contributed by atoms with van der Waals surface area (Å²) in [4.78, 5) is 16.2. The Morgan fingerprint density at radius 3 is 2.43 bits per heavy atom. The van der Waals surface area contributed by atoms with Crippen LogP contribution in [0.3, 0.4) is 0 Å². The van der Waals surface area contributed by atoms with Crippen LogP contribution in [0, 0.1) is 5.41 Å². The minimum Gasteiger partial charge on any atom is -0.382 e. The summed E-state index contributed by atoms with van der Waals surface area (Å²) < 4.78 is 5.28. The van der Waals surface area contributed by atoms with Gasteiger partial charge in [0.2, 0.25) is 5.91 Å². The van der Waals surface area contributed by atoms with Gasteiger partial charge in [-0.2, -0.15) is 0 Å². The summed E-state index contributed by atoms with van der Waals surface area (Å²) >= 11 is 0. The molecule has 0 aliphatic heterocycles. The van der Waals surface area contributed by atoms with Crippen molar-refractivity contribution in [2.75, 3.05) is 39.9 Å². The number of nitrogens with one attached hydrogen (secondary N) is 3. The van der Waals surface area contributed by atoms with Crippen molar-refractivity contribution in [2.24, 2.45) is 10.4 Å². The van der Waals surface area contributed by atoms with Gasteiger partial charge in [-0.05, 0) is 34.1 Å². The maximum atomic E-state index is 11.7. The van der Waals surface area contributed by atoms with Crippen LogP contribution in [-0.2, 0) is 9.53 Å². The molecule has 6 nitrogen and oxygen atoms in total. The molecule has 0 atom stereocenters. The van der Waals surface area contributed by atoms with E-state index in [4.69, 9.17) is 4.74 Å². The molecule has 3 N–H and O–H groups in total. The SMILES string of the molecule is CCNC(=NCC(C)(C)C(=O)NC)NCCCOCC.I. The Labute approximate surface area is 145 Å². The molecule has 0 spiro atoms. The molecule has 1 amide bonds. The van der Waals surface area contributed by atoms with Crippen molar-refractivity contribution in [3.8, 4) is 0 Å². The number of carbonyl (C=O) groups is 1. The molecular weight excluding hydrogens is 383 g/mol. The van der Waals surface area contributed by atoms with E-state index < -0.39 is 5.41 Å². The lowest BCUT2D eigenvalue weighted by atomic mass is 9.93. The van der Waals surface area contributed by atoms with Crippen LogP contribution in [0.5, 0.6) is 0 Å². The number of guanidine groups is 1. The fraction of sp³-hybridized carbons (Fsp3) is 0.857. The molecule has 0 aliphatic rings. The van der Waals surface area contributed by atoms with E-state index in [1.165, 1.54) is 0 Å². The molecule has 0 aromatic carbocycles. The second kappa shape index (κ2) is 13.1. The van der Waals surface area contributed by atoms with Crippen LogP contribution < -0.4 is 16.0 Å². The van der Waals surface area contributed by atoms with Gasteiger partial charge in [-0.1, -0.05) is 0 Å². The molecule has 126 valence electrons. The number of aliphatic imine (C=N–C) groups is 1. The van der Waals surface area contributed by atoms with E-state index in [-0.39, 0.29) is 29.9 Å². The van der Waals surface area contributed by atoms with Crippen LogP contribution in [0.1, 0.15) is 34.1 Å². The first-order chi connectivity index (χ1) is 9.47. The van der Waals surface area contributed by atoms with Crippen molar-refractivity contribution in [1.29, 1.82) is 0 Å². The Bertz CT molecular complexity index is 309. The first-order valence-electron chi connectivity index (χ1n) is 7.30. The highest BCUT2D eigenvalue weighted by Crippen LogP contribution is 2.15. The van der Waals surface area contributed by atoms with Gasteiger partial charge in [0.05, 0.1) is 12.0 Å². The quantitative estimate of drug-likeness (QED) is 0.231. The van der Waals surface area contributed by atoms with E-state index in [1.54, 1.807) is 7.05 Å². The maximum Gasteiger partial charge on any atom is 0.227 e. The average molecular weight is 414 g/mol. The van der Waals surface area contributed by atoms with Crippen molar-refractivity contribution in [1.82, 2.24) is 16.0 Å². The lowest BCUT2D eigenvalue weighted by Crippen LogP contribution is -2.41. The number of hydrogen-bond acceptors (Lipinski definition) is 3. The number of nitrogens with zero attached hydrogens (tertiary/aromatic N) is 1. The summed E-state index contributed by atoms with van der Waals surface area (Å²) in [5, 5.41) is 9.07. The first kappa shape index (κ1) is 22.7. The van der Waals surface area contributed by atoms with Gasteiger partial charge in [-0.15, -0.1) is 24.0 Å². The fourth-order valence-electron chi connectivity index (χ4n) is 1.55. The average Bonchev–Trinajstić information content (AvgIpc) is 2.43. The van der Waals surface area contributed by atoms with Crippen LogP contribution in [0.15, 0.2) is 4.99 Å². The van der Waals surface area contributed by atoms with Gasteiger partial charge in [-0.25, -0.2) is 0 Å². The van der Waals surface area contributed by atoms with Crippen LogP contribution >= 0.6 is 24.0 Å². The second-order valence-electron chi connectivity index (χ2n) is 5.14. The van der Waals surface area contributed by atoms with E-state index in [9.17, 15) is 4.79 Å². The molecular formula is C14H31IN4O2. The third kappa shape index (κ3) is 10.8. The molecule has 0 unspecified atom stereocenters. The summed E-state index contributed by atoms with van der Waals surface area (Å²) in [5.74, 6) is 0.731. The summed E-state index contributed by atoms with van der Waals surface area (Å²) in [6.45, 7) is 11.3. The number of halogens is 1. The Kier molecular flexibility index (Phi) is 14.2. The maximum absolute atomic E-state index is 11.7. The van der Waals surface area contributed by atoms with Crippen molar-refractivity contribution in [3.05, 3.63) is 0 Å². The third-order valence-electron chi connectivity index (χ3n) is 2.78.